The van der Waals surface area contributed by atoms with Crippen molar-refractivity contribution >= 4 is 42.6 Å². The topological polar surface area (TPSA) is 88.6 Å². The van der Waals surface area contributed by atoms with Gasteiger partial charge in [-0.25, -0.2) is 13.4 Å². The normalized spacial score (nSPS) is 15.2. The Balaban J connectivity index is 1.44. The summed E-state index contributed by atoms with van der Waals surface area (Å²) in [5, 5.41) is 3.13. The highest BCUT2D eigenvalue weighted by atomic mass is 32.2. The van der Waals surface area contributed by atoms with Crippen LogP contribution in [0.25, 0.3) is 10.2 Å². The van der Waals surface area contributed by atoms with Crippen LogP contribution in [0.4, 0.5) is 5.13 Å². The van der Waals surface area contributed by atoms with E-state index in [1.165, 1.54) is 11.3 Å². The number of amides is 1. The first kappa shape index (κ1) is 20.8. The molecule has 0 spiro atoms. The zero-order valence-corrected chi connectivity index (χ0v) is 18.3. The van der Waals surface area contributed by atoms with Gasteiger partial charge in [-0.2, -0.15) is 4.31 Å². The first-order valence-corrected chi connectivity index (χ1v) is 12.1. The molecule has 0 aliphatic carbocycles. The van der Waals surface area contributed by atoms with Gasteiger partial charge < -0.3 is 4.74 Å². The van der Waals surface area contributed by atoms with Crippen molar-refractivity contribution in [2.45, 2.75) is 31.1 Å². The van der Waals surface area contributed by atoms with E-state index in [0.717, 1.165) is 24.8 Å². The van der Waals surface area contributed by atoms with Crippen molar-refractivity contribution < 1.29 is 17.9 Å². The molecule has 0 saturated carbocycles. The van der Waals surface area contributed by atoms with E-state index in [1.54, 1.807) is 22.5 Å². The molecule has 0 unspecified atom stereocenters. The molecule has 9 heteroatoms. The smallest absolute Gasteiger partial charge is 0.264 e. The van der Waals surface area contributed by atoms with Crippen LogP contribution in [0.15, 0.2) is 47.4 Å². The molecule has 30 heavy (non-hydrogen) atoms. The lowest BCUT2D eigenvalue weighted by Gasteiger charge is -2.25. The Labute approximate surface area is 179 Å². The molecule has 0 radical (unpaired) electrons. The van der Waals surface area contributed by atoms with Gasteiger partial charge in [-0.05, 0) is 50.1 Å². The predicted octanol–water partition coefficient (Wildman–Crippen LogP) is 3.80. The largest absolute Gasteiger partial charge is 0.484 e. The van der Waals surface area contributed by atoms with Crippen LogP contribution in [0.5, 0.6) is 5.75 Å². The second-order valence-corrected chi connectivity index (χ2v) is 10.2. The van der Waals surface area contributed by atoms with Crippen LogP contribution in [0, 0.1) is 6.92 Å². The van der Waals surface area contributed by atoms with Gasteiger partial charge in [-0.15, -0.1) is 0 Å². The van der Waals surface area contributed by atoms with E-state index in [1.807, 2.05) is 31.2 Å². The van der Waals surface area contributed by atoms with Crippen molar-refractivity contribution in [2.24, 2.45) is 0 Å². The van der Waals surface area contributed by atoms with Crippen LogP contribution in [0.2, 0.25) is 0 Å². The van der Waals surface area contributed by atoms with Gasteiger partial charge in [-0.1, -0.05) is 35.5 Å². The summed E-state index contributed by atoms with van der Waals surface area (Å²) in [5.41, 5.74) is 1.76. The van der Waals surface area contributed by atoms with Gasteiger partial charge in [0.15, 0.2) is 11.7 Å². The summed E-state index contributed by atoms with van der Waals surface area (Å²) in [4.78, 5) is 16.8. The first-order valence-electron chi connectivity index (χ1n) is 9.82. The summed E-state index contributed by atoms with van der Waals surface area (Å²) in [6.45, 7) is 2.97. The van der Waals surface area contributed by atoms with E-state index in [-0.39, 0.29) is 17.4 Å². The molecule has 0 bridgehead atoms. The van der Waals surface area contributed by atoms with Gasteiger partial charge in [0.2, 0.25) is 10.0 Å². The number of nitrogens with zero attached hydrogens (tertiary/aromatic N) is 2. The summed E-state index contributed by atoms with van der Waals surface area (Å²) < 4.78 is 33.5. The number of benzene rings is 2. The molecule has 3 aromatic rings. The summed E-state index contributed by atoms with van der Waals surface area (Å²) in [5.74, 6) is 0.295. The van der Waals surface area contributed by atoms with Crippen molar-refractivity contribution in [3.63, 3.8) is 0 Å². The Morgan fingerprint density at radius 1 is 1.13 bits per heavy atom. The molecule has 1 aromatic heterocycles. The number of piperidine rings is 1. The maximum atomic E-state index is 12.9. The molecule has 7 nitrogen and oxygen atoms in total. The van der Waals surface area contributed by atoms with E-state index < -0.39 is 10.0 Å². The van der Waals surface area contributed by atoms with E-state index in [2.05, 4.69) is 10.3 Å². The number of aryl methyl sites for hydroxylation is 1. The van der Waals surface area contributed by atoms with Crippen molar-refractivity contribution in [3.05, 3.63) is 48.0 Å². The Bertz CT molecular complexity index is 1150. The molecule has 4 rings (SSSR count). The van der Waals surface area contributed by atoms with Crippen LogP contribution in [-0.2, 0) is 14.8 Å². The Kier molecular flexibility index (Phi) is 6.03. The first-order chi connectivity index (χ1) is 14.4. The minimum atomic E-state index is -3.50. The number of anilines is 1. The average molecular weight is 446 g/mol. The summed E-state index contributed by atoms with van der Waals surface area (Å²) in [7, 11) is -3.50. The fraction of sp³-hybridized carbons (Fsp3) is 0.333. The molecule has 1 N–H and O–H groups in total. The molecule has 0 atom stereocenters. The number of ether oxygens (including phenoxy) is 1. The molecular formula is C21H23N3O4S2. The molecular weight excluding hydrogens is 422 g/mol. The minimum absolute atomic E-state index is 0.131. The fourth-order valence-corrected chi connectivity index (χ4v) is 5.85. The van der Waals surface area contributed by atoms with Gasteiger partial charge in [0.05, 0.1) is 15.1 Å². The Morgan fingerprint density at radius 3 is 2.60 bits per heavy atom. The van der Waals surface area contributed by atoms with Gasteiger partial charge in [0, 0.05) is 13.1 Å². The van der Waals surface area contributed by atoms with E-state index in [0.29, 0.717) is 34.2 Å². The average Bonchev–Trinajstić information content (AvgIpc) is 3.15. The maximum Gasteiger partial charge on any atom is 0.264 e. The van der Waals surface area contributed by atoms with Crippen molar-refractivity contribution in [3.8, 4) is 5.75 Å². The lowest BCUT2D eigenvalue weighted by Crippen LogP contribution is -2.35. The molecule has 1 aliphatic rings. The summed E-state index contributed by atoms with van der Waals surface area (Å²) in [6.07, 6.45) is 2.85. The van der Waals surface area contributed by atoms with E-state index in [9.17, 15) is 13.2 Å². The van der Waals surface area contributed by atoms with Gasteiger partial charge >= 0.3 is 0 Å². The number of carbonyl (C=O) groups is 1. The number of nitrogens with one attached hydrogen (secondary N) is 1. The minimum Gasteiger partial charge on any atom is -0.484 e. The number of aromatic nitrogens is 1. The summed E-state index contributed by atoms with van der Waals surface area (Å²) >= 11 is 1.24. The lowest BCUT2D eigenvalue weighted by atomic mass is 10.2. The SMILES string of the molecule is Cc1ccc(OCC(=O)Nc2nc3ccc(S(=O)(=O)N4CCCCC4)cc3s2)cc1. The van der Waals surface area contributed by atoms with Gasteiger partial charge in [0.25, 0.3) is 5.91 Å². The zero-order chi connectivity index (χ0) is 21.1. The number of hydrogen-bond acceptors (Lipinski definition) is 6. The second-order valence-electron chi connectivity index (χ2n) is 7.26. The Morgan fingerprint density at radius 2 is 1.87 bits per heavy atom. The fourth-order valence-electron chi connectivity index (χ4n) is 3.31. The molecule has 2 aromatic carbocycles. The number of fused-ring (bicyclic) bond motifs is 1. The molecule has 1 fully saturated rings. The zero-order valence-electron chi connectivity index (χ0n) is 16.6. The van der Waals surface area contributed by atoms with Gasteiger partial charge in [-0.3, -0.25) is 10.1 Å². The standard InChI is InChI=1S/C21H23N3O4S2/c1-15-5-7-16(8-6-15)28-14-20(25)23-21-22-18-10-9-17(13-19(18)29-21)30(26,27)24-11-3-2-4-12-24/h5-10,13H,2-4,11-12,14H2,1H3,(H,22,23,25). The molecule has 1 aliphatic heterocycles. The number of sulfonamides is 1. The van der Waals surface area contributed by atoms with Crippen LogP contribution >= 0.6 is 11.3 Å². The predicted molar refractivity (Wildman–Crippen MR) is 118 cm³/mol. The van der Waals surface area contributed by atoms with Crippen molar-refractivity contribution in [1.82, 2.24) is 9.29 Å². The van der Waals surface area contributed by atoms with Crippen LogP contribution in [0.1, 0.15) is 24.8 Å². The van der Waals surface area contributed by atoms with Crippen LogP contribution in [-0.4, -0.2) is 43.3 Å². The maximum absolute atomic E-state index is 12.9. The molecule has 1 saturated heterocycles. The lowest BCUT2D eigenvalue weighted by molar-refractivity contribution is -0.118. The third-order valence-corrected chi connectivity index (χ3v) is 7.78. The summed E-state index contributed by atoms with van der Waals surface area (Å²) in [6, 6.07) is 12.3. The monoisotopic (exact) mass is 445 g/mol. The van der Waals surface area contributed by atoms with E-state index >= 15 is 0 Å². The highest BCUT2D eigenvalue weighted by molar-refractivity contribution is 7.89. The van der Waals surface area contributed by atoms with Crippen LogP contribution in [0.3, 0.4) is 0 Å². The number of carbonyl (C=O) groups excluding carboxylic acids is 1. The number of rotatable bonds is 6. The highest BCUT2D eigenvalue weighted by Crippen LogP contribution is 2.30. The van der Waals surface area contributed by atoms with Crippen molar-refractivity contribution in [2.75, 3.05) is 25.0 Å². The van der Waals surface area contributed by atoms with Gasteiger partial charge in [0.1, 0.15) is 5.75 Å². The third-order valence-electron chi connectivity index (χ3n) is 4.95. The molecule has 1 amide bonds. The number of hydrogen-bond donors (Lipinski definition) is 1. The quantitative estimate of drug-likeness (QED) is 0.624. The molecule has 2 heterocycles. The third kappa shape index (κ3) is 4.63. The second kappa shape index (κ2) is 8.71. The Hall–Kier alpha value is -2.49. The number of thiazole rings is 1. The highest BCUT2D eigenvalue weighted by Gasteiger charge is 2.26. The van der Waals surface area contributed by atoms with Crippen molar-refractivity contribution in [1.29, 1.82) is 0 Å². The van der Waals surface area contributed by atoms with Crippen LogP contribution < -0.4 is 10.1 Å². The molecule has 158 valence electrons. The van der Waals surface area contributed by atoms with E-state index in [4.69, 9.17) is 4.74 Å².